The number of hydrogen-bond donors (Lipinski definition) is 1. The number of aromatic nitrogens is 2. The summed E-state index contributed by atoms with van der Waals surface area (Å²) in [7, 11) is 0. The van der Waals surface area contributed by atoms with Crippen molar-refractivity contribution in [3.8, 4) is 0 Å². The van der Waals surface area contributed by atoms with Gasteiger partial charge < -0.3 is 5.73 Å². The zero-order chi connectivity index (χ0) is 13.9. The third kappa shape index (κ3) is 2.73. The lowest BCUT2D eigenvalue weighted by Crippen LogP contribution is -2.17. The highest BCUT2D eigenvalue weighted by Crippen LogP contribution is 2.31. The Bertz CT molecular complexity index is 607. The number of nitrogens with two attached hydrogens (primary N) is 1. The van der Waals surface area contributed by atoms with Gasteiger partial charge in [-0.15, -0.1) is 0 Å². The molecule has 0 spiro atoms. The van der Waals surface area contributed by atoms with Crippen LogP contribution in [0.3, 0.4) is 0 Å². The first-order chi connectivity index (χ1) is 9.76. The lowest BCUT2D eigenvalue weighted by Gasteiger charge is -2.24. The molecule has 20 heavy (non-hydrogen) atoms. The highest BCUT2D eigenvalue weighted by molar-refractivity contribution is 5.31. The molecule has 2 N–H and O–H groups in total. The van der Waals surface area contributed by atoms with Crippen molar-refractivity contribution in [2.45, 2.75) is 38.5 Å². The summed E-state index contributed by atoms with van der Waals surface area (Å²) in [6.45, 7) is 2.69. The molecule has 3 rings (SSSR count). The fraction of sp³-hybridized carbons (Fsp3) is 0.412. The Morgan fingerprint density at radius 2 is 2.00 bits per heavy atom. The molecule has 0 saturated carbocycles. The molecule has 1 unspecified atom stereocenters. The van der Waals surface area contributed by atoms with Gasteiger partial charge in [-0.25, -0.2) is 9.97 Å². The predicted octanol–water partition coefficient (Wildman–Crippen LogP) is 2.56. The van der Waals surface area contributed by atoms with Gasteiger partial charge in [0.2, 0.25) is 0 Å². The smallest absolute Gasteiger partial charge is 0.132 e. The summed E-state index contributed by atoms with van der Waals surface area (Å²) in [4.78, 5) is 9.39. The summed E-state index contributed by atoms with van der Waals surface area (Å²) in [5.74, 6) is 1.45. The van der Waals surface area contributed by atoms with E-state index >= 15 is 0 Å². The third-order valence-electron chi connectivity index (χ3n) is 4.04. The van der Waals surface area contributed by atoms with Crippen LogP contribution in [-0.4, -0.2) is 16.5 Å². The van der Waals surface area contributed by atoms with Crippen LogP contribution in [0, 0.1) is 6.92 Å². The minimum Gasteiger partial charge on any atom is -0.330 e. The zero-order valence-corrected chi connectivity index (χ0v) is 12.0. The lowest BCUT2D eigenvalue weighted by atomic mass is 9.83. The van der Waals surface area contributed by atoms with Gasteiger partial charge in [-0.05, 0) is 49.9 Å². The van der Waals surface area contributed by atoms with Crippen molar-refractivity contribution < 1.29 is 0 Å². The van der Waals surface area contributed by atoms with Crippen molar-refractivity contribution in [1.82, 2.24) is 9.97 Å². The number of fused-ring (bicyclic) bond motifs is 1. The molecule has 0 fully saturated rings. The molecule has 2 aromatic rings. The molecule has 0 bridgehead atoms. The van der Waals surface area contributed by atoms with E-state index in [1.165, 1.54) is 11.1 Å². The van der Waals surface area contributed by atoms with Gasteiger partial charge in [0.1, 0.15) is 5.82 Å². The molecule has 0 aliphatic heterocycles. The van der Waals surface area contributed by atoms with Crippen LogP contribution in [0.4, 0.5) is 0 Å². The first-order valence-electron chi connectivity index (χ1n) is 7.37. The molecule has 1 aromatic heterocycles. The normalized spacial score (nSPS) is 17.8. The van der Waals surface area contributed by atoms with Gasteiger partial charge in [0.25, 0.3) is 0 Å². The predicted molar refractivity (Wildman–Crippen MR) is 80.7 cm³/mol. The van der Waals surface area contributed by atoms with Crippen LogP contribution in [-0.2, 0) is 19.3 Å². The molecule has 1 atom stereocenters. The average molecular weight is 267 g/mol. The quantitative estimate of drug-likeness (QED) is 0.930. The largest absolute Gasteiger partial charge is 0.330 e. The van der Waals surface area contributed by atoms with E-state index in [0.29, 0.717) is 12.5 Å². The first kappa shape index (κ1) is 13.3. The number of aryl methyl sites for hydroxylation is 2. The second-order valence-electron chi connectivity index (χ2n) is 5.61. The molecule has 0 saturated heterocycles. The summed E-state index contributed by atoms with van der Waals surface area (Å²) >= 11 is 0. The molecular formula is C17H21N3. The molecule has 3 nitrogen and oxygen atoms in total. The van der Waals surface area contributed by atoms with E-state index in [1.54, 1.807) is 0 Å². The minimum atomic E-state index is 0.446. The fourth-order valence-corrected chi connectivity index (χ4v) is 3.04. The summed E-state index contributed by atoms with van der Waals surface area (Å²) in [5.41, 5.74) is 10.7. The van der Waals surface area contributed by atoms with Crippen molar-refractivity contribution in [1.29, 1.82) is 0 Å². The highest BCUT2D eigenvalue weighted by Gasteiger charge is 2.22. The molecule has 0 amide bonds. The summed E-state index contributed by atoms with van der Waals surface area (Å²) in [6.07, 6.45) is 4.16. The van der Waals surface area contributed by atoms with Crippen LogP contribution in [0.2, 0.25) is 0 Å². The van der Waals surface area contributed by atoms with E-state index in [-0.39, 0.29) is 0 Å². The molecule has 104 valence electrons. The van der Waals surface area contributed by atoms with E-state index < -0.39 is 0 Å². The molecule has 1 heterocycles. The van der Waals surface area contributed by atoms with Crippen LogP contribution in [0.5, 0.6) is 0 Å². The van der Waals surface area contributed by atoms with Crippen molar-refractivity contribution in [2.24, 2.45) is 5.73 Å². The van der Waals surface area contributed by atoms with Gasteiger partial charge in [0.15, 0.2) is 0 Å². The maximum Gasteiger partial charge on any atom is 0.132 e. The van der Waals surface area contributed by atoms with Crippen LogP contribution < -0.4 is 5.73 Å². The molecule has 3 heteroatoms. The Hall–Kier alpha value is -1.74. The van der Waals surface area contributed by atoms with Crippen molar-refractivity contribution >= 4 is 0 Å². The van der Waals surface area contributed by atoms with Gasteiger partial charge in [-0.2, -0.15) is 0 Å². The average Bonchev–Trinajstić information content (AvgIpc) is 2.46. The van der Waals surface area contributed by atoms with Gasteiger partial charge in [-0.3, -0.25) is 0 Å². The van der Waals surface area contributed by atoms with Gasteiger partial charge in [0, 0.05) is 23.7 Å². The maximum absolute atomic E-state index is 5.64. The number of hydrogen-bond acceptors (Lipinski definition) is 3. The Labute approximate surface area is 120 Å². The van der Waals surface area contributed by atoms with Crippen molar-refractivity contribution in [2.75, 3.05) is 6.54 Å². The van der Waals surface area contributed by atoms with Crippen molar-refractivity contribution in [3.63, 3.8) is 0 Å². The SMILES string of the molecule is Cc1cc(CCN)nc(C2CCc3ccccc3C2)n1. The maximum atomic E-state index is 5.64. The van der Waals surface area contributed by atoms with E-state index in [4.69, 9.17) is 10.7 Å². The summed E-state index contributed by atoms with van der Waals surface area (Å²) in [5, 5.41) is 0. The Kier molecular flexibility index (Phi) is 3.79. The van der Waals surface area contributed by atoms with Crippen LogP contribution >= 0.6 is 0 Å². The monoisotopic (exact) mass is 267 g/mol. The Balaban J connectivity index is 1.87. The number of nitrogens with zero attached hydrogens (tertiary/aromatic N) is 2. The zero-order valence-electron chi connectivity index (χ0n) is 12.0. The molecule has 1 aromatic carbocycles. The third-order valence-corrected chi connectivity index (χ3v) is 4.04. The standard InChI is InChI=1S/C17H21N3/c1-12-10-16(8-9-18)20-17(19-12)15-7-6-13-4-2-3-5-14(13)11-15/h2-5,10,15H,6-9,11,18H2,1H3. The molecule has 0 radical (unpaired) electrons. The minimum absolute atomic E-state index is 0.446. The highest BCUT2D eigenvalue weighted by atomic mass is 14.9. The van der Waals surface area contributed by atoms with Crippen molar-refractivity contribution in [3.05, 3.63) is 58.7 Å². The van der Waals surface area contributed by atoms with E-state index in [0.717, 1.165) is 42.9 Å². The van der Waals surface area contributed by atoms with Gasteiger partial charge in [0.05, 0.1) is 0 Å². The Morgan fingerprint density at radius 1 is 1.20 bits per heavy atom. The van der Waals surface area contributed by atoms with Crippen LogP contribution in [0.1, 0.15) is 40.7 Å². The van der Waals surface area contributed by atoms with E-state index in [2.05, 4.69) is 29.2 Å². The Morgan fingerprint density at radius 3 is 2.80 bits per heavy atom. The van der Waals surface area contributed by atoms with E-state index in [9.17, 15) is 0 Å². The van der Waals surface area contributed by atoms with Crippen LogP contribution in [0.15, 0.2) is 30.3 Å². The number of benzene rings is 1. The molecule has 1 aliphatic rings. The second-order valence-corrected chi connectivity index (χ2v) is 5.61. The summed E-state index contributed by atoms with van der Waals surface area (Å²) in [6, 6.07) is 10.8. The second kappa shape index (κ2) is 5.71. The van der Waals surface area contributed by atoms with Crippen LogP contribution in [0.25, 0.3) is 0 Å². The van der Waals surface area contributed by atoms with E-state index in [1.807, 2.05) is 13.0 Å². The first-order valence-corrected chi connectivity index (χ1v) is 7.37. The fourth-order valence-electron chi connectivity index (χ4n) is 3.04. The van der Waals surface area contributed by atoms with Gasteiger partial charge >= 0.3 is 0 Å². The topological polar surface area (TPSA) is 51.8 Å². The number of rotatable bonds is 3. The molecule has 1 aliphatic carbocycles. The molecular weight excluding hydrogens is 246 g/mol. The van der Waals surface area contributed by atoms with Gasteiger partial charge in [-0.1, -0.05) is 24.3 Å². The summed E-state index contributed by atoms with van der Waals surface area (Å²) < 4.78 is 0. The lowest BCUT2D eigenvalue weighted by molar-refractivity contribution is 0.550.